The molecule has 8 nitrogen and oxygen atoms in total. The fourth-order valence-corrected chi connectivity index (χ4v) is 1.28. The molecule has 18 N–H and O–H groups in total. The van der Waals surface area contributed by atoms with Gasteiger partial charge in [-0.15, -0.1) is 0 Å². The molecule has 0 atom stereocenters. The van der Waals surface area contributed by atoms with E-state index in [0.29, 0.717) is 0 Å². The van der Waals surface area contributed by atoms with Crippen LogP contribution in [0.3, 0.4) is 0 Å². The van der Waals surface area contributed by atoms with Crippen LogP contribution in [0.15, 0.2) is 0 Å². The van der Waals surface area contributed by atoms with Gasteiger partial charge in [0, 0.05) is 19.6 Å². The average Bonchev–Trinajstić information content (AvgIpc) is 2.50. The minimum atomic E-state index is 0.750. The Labute approximate surface area is 130 Å². The van der Waals surface area contributed by atoms with Crippen molar-refractivity contribution >= 4 is 0 Å². The summed E-state index contributed by atoms with van der Waals surface area (Å²) in [6.45, 7) is 9.31. The predicted molar refractivity (Wildman–Crippen MR) is 88.9 cm³/mol. The van der Waals surface area contributed by atoms with Crippen molar-refractivity contribution in [3.05, 3.63) is 0 Å². The van der Waals surface area contributed by atoms with Gasteiger partial charge in [0.15, 0.2) is 0 Å². The highest BCUT2D eigenvalue weighted by molar-refractivity contribution is 4.38. The molecule has 0 heterocycles. The highest BCUT2D eigenvalue weighted by Crippen LogP contribution is 1.87. The van der Waals surface area contributed by atoms with Crippen LogP contribution in [0.25, 0.3) is 0 Å². The molecular weight excluding hydrogens is 268 g/mol. The lowest BCUT2D eigenvalue weighted by Gasteiger charge is -1.92. The van der Waals surface area contributed by atoms with Crippen molar-refractivity contribution in [2.45, 2.75) is 19.3 Å². The first-order chi connectivity index (χ1) is 10.2. The van der Waals surface area contributed by atoms with Gasteiger partial charge in [0.05, 0.1) is 26.2 Å². The van der Waals surface area contributed by atoms with Crippen molar-refractivity contribution in [3.8, 4) is 0 Å². The van der Waals surface area contributed by atoms with Crippen LogP contribution in [-0.2, 0) is 0 Å². The van der Waals surface area contributed by atoms with Crippen LogP contribution in [0.4, 0.5) is 0 Å². The minimum Gasteiger partial charge on any atom is -0.358 e. The van der Waals surface area contributed by atoms with E-state index in [1.165, 1.54) is 12.8 Å². The maximum Gasteiger partial charge on any atom is 0.125 e. The molecule has 0 radical (unpaired) electrons. The molecule has 8 heteroatoms. The van der Waals surface area contributed by atoms with Crippen LogP contribution in [0.1, 0.15) is 19.3 Å². The van der Waals surface area contributed by atoms with E-state index in [9.17, 15) is 0 Å². The Morgan fingerprint density at radius 2 is 1.00 bits per heavy atom. The molecule has 0 aromatic rings. The second kappa shape index (κ2) is 31.9. The van der Waals surface area contributed by atoms with E-state index in [2.05, 4.69) is 22.1 Å². The van der Waals surface area contributed by atoms with Gasteiger partial charge in [-0.3, -0.25) is 0 Å². The monoisotopic (exact) mass is 312 g/mol. The maximum atomic E-state index is 5.25. The van der Waals surface area contributed by atoms with E-state index < -0.39 is 0 Å². The second-order valence-corrected chi connectivity index (χ2v) is 4.65. The van der Waals surface area contributed by atoms with Gasteiger partial charge in [0.25, 0.3) is 0 Å². The third kappa shape index (κ3) is 45.1. The van der Waals surface area contributed by atoms with Crippen LogP contribution in [-0.4, -0.2) is 65.4 Å². The van der Waals surface area contributed by atoms with Gasteiger partial charge >= 0.3 is 0 Å². The molecule has 0 fully saturated rings. The van der Waals surface area contributed by atoms with Gasteiger partial charge in [-0.2, -0.15) is 0 Å². The van der Waals surface area contributed by atoms with Gasteiger partial charge in [-0.25, -0.2) is 0 Å². The van der Waals surface area contributed by atoms with Crippen molar-refractivity contribution < 1.29 is 22.1 Å². The largest absolute Gasteiger partial charge is 0.358 e. The fraction of sp³-hybridized carbons (Fsp3) is 1.00. The molecule has 0 amide bonds. The van der Waals surface area contributed by atoms with Gasteiger partial charge in [-0.05, 0) is 25.8 Å². The molecule has 0 saturated carbocycles. The van der Waals surface area contributed by atoms with Crippen LogP contribution in [0.5, 0.6) is 0 Å². The quantitative estimate of drug-likeness (QED) is 0.166. The molecule has 0 unspecified atom stereocenters. The molecule has 0 aliphatic rings. The molecule has 0 saturated heterocycles. The summed E-state index contributed by atoms with van der Waals surface area (Å²) >= 11 is 0. The van der Waals surface area contributed by atoms with Crippen LogP contribution < -0.4 is 45.0 Å². The van der Waals surface area contributed by atoms with Crippen molar-refractivity contribution in [3.63, 3.8) is 0 Å². The van der Waals surface area contributed by atoms with E-state index in [1.807, 2.05) is 0 Å². The molecule has 21 heavy (non-hydrogen) atoms. The smallest absolute Gasteiger partial charge is 0.125 e. The zero-order valence-electron chi connectivity index (χ0n) is 14.1. The number of hydrogen-bond acceptors (Lipinski definition) is 4. The highest BCUT2D eigenvalue weighted by Gasteiger charge is 1.83. The Balaban J connectivity index is -0.000000231. The van der Waals surface area contributed by atoms with Crippen molar-refractivity contribution in [2.24, 2.45) is 22.9 Å². The Kier molecular flexibility index (Phi) is 38.9. The third-order valence-corrected chi connectivity index (χ3v) is 2.47. The lowest BCUT2D eigenvalue weighted by atomic mass is 10.2. The lowest BCUT2D eigenvalue weighted by molar-refractivity contribution is -0.667. The Morgan fingerprint density at radius 1 is 0.524 bits per heavy atom. The zero-order valence-corrected chi connectivity index (χ0v) is 14.1. The first kappa shape index (κ1) is 25.6. The summed E-state index contributed by atoms with van der Waals surface area (Å²) in [5.41, 5.74) is 28.3. The summed E-state index contributed by atoms with van der Waals surface area (Å²) in [7, 11) is 0. The molecule has 0 aliphatic carbocycles. The molecule has 0 bridgehead atoms. The van der Waals surface area contributed by atoms with Gasteiger partial charge < -0.3 is 45.0 Å². The minimum absolute atomic E-state index is 0.750. The summed E-state index contributed by atoms with van der Waals surface area (Å²) in [5, 5.41) is 4.28. The fourth-order valence-electron chi connectivity index (χ4n) is 1.28. The molecule has 0 aromatic heterocycles. The van der Waals surface area contributed by atoms with E-state index >= 15 is 0 Å². The molecule has 0 spiro atoms. The Bertz CT molecular complexity index is 102. The second-order valence-electron chi connectivity index (χ2n) is 4.65. The molecular formula is C13H44N8+4. The van der Waals surface area contributed by atoms with E-state index in [0.717, 1.165) is 71.9 Å². The molecule has 132 valence electrons. The molecule has 0 aromatic carbocycles. The Morgan fingerprint density at radius 3 is 1.33 bits per heavy atom. The Hall–Kier alpha value is -0.320. The van der Waals surface area contributed by atoms with Gasteiger partial charge in [-0.1, -0.05) is 0 Å². The number of nitrogens with two attached hydrogens (primary N) is 6. The third-order valence-electron chi connectivity index (χ3n) is 2.47. The van der Waals surface area contributed by atoms with E-state index in [-0.39, 0.29) is 0 Å². The standard InChI is InChI=1S/C5H14N2.2C4H13N3/c6-4-2-1-3-5-7;2*5-1-3-7-4-2-6/h1-7H2;2*7H,1-6H2/p+4. The van der Waals surface area contributed by atoms with Gasteiger partial charge in [0.1, 0.15) is 13.1 Å². The first-order valence-electron chi connectivity index (χ1n) is 8.27. The summed E-state index contributed by atoms with van der Waals surface area (Å²) in [6.07, 6.45) is 3.65. The van der Waals surface area contributed by atoms with E-state index in [1.54, 1.807) is 0 Å². The topological polar surface area (TPSA) is 193 Å². The predicted octanol–water partition coefficient (Wildman–Crippen LogP) is -6.43. The van der Waals surface area contributed by atoms with Crippen molar-refractivity contribution in [2.75, 3.05) is 65.4 Å². The van der Waals surface area contributed by atoms with Crippen LogP contribution in [0.2, 0.25) is 0 Å². The SMILES string of the molecule is NCCCCC[NH3+].NCC[NH2+]CCN.NCC[NH2+]CC[NH3+]. The number of unbranched alkanes of at least 4 members (excludes halogenated alkanes) is 2. The summed E-state index contributed by atoms with van der Waals surface area (Å²) in [6, 6.07) is 0. The van der Waals surface area contributed by atoms with E-state index in [4.69, 9.17) is 22.9 Å². The summed E-state index contributed by atoms with van der Waals surface area (Å²) < 4.78 is 0. The highest BCUT2D eigenvalue weighted by atomic mass is 14.9. The summed E-state index contributed by atoms with van der Waals surface area (Å²) in [5.74, 6) is 0. The van der Waals surface area contributed by atoms with Crippen LogP contribution in [0, 0.1) is 0 Å². The summed E-state index contributed by atoms with van der Waals surface area (Å²) in [4.78, 5) is 0. The first-order valence-corrected chi connectivity index (χ1v) is 8.27. The number of hydrogen-bond donors (Lipinski definition) is 8. The average molecular weight is 313 g/mol. The zero-order chi connectivity index (χ0) is 16.6. The number of rotatable bonds is 12. The van der Waals surface area contributed by atoms with Gasteiger partial charge in [0.2, 0.25) is 0 Å². The number of quaternary nitrogens is 4. The van der Waals surface area contributed by atoms with Crippen molar-refractivity contribution in [1.29, 1.82) is 0 Å². The molecule has 0 aliphatic heterocycles. The molecule has 0 rings (SSSR count). The maximum absolute atomic E-state index is 5.25. The normalized spacial score (nSPS) is 9.43. The van der Waals surface area contributed by atoms with Crippen molar-refractivity contribution in [1.82, 2.24) is 0 Å². The van der Waals surface area contributed by atoms with Crippen LogP contribution >= 0.6 is 0 Å². The lowest BCUT2D eigenvalue weighted by Crippen LogP contribution is -2.89.